The number of pyridine rings is 1. The predicted molar refractivity (Wildman–Crippen MR) is 111 cm³/mol. The van der Waals surface area contributed by atoms with Crippen molar-refractivity contribution in [3.8, 4) is 22.6 Å². The van der Waals surface area contributed by atoms with Crippen molar-refractivity contribution in [3.63, 3.8) is 0 Å². The molecule has 3 aromatic rings. The number of hydrogen-bond acceptors (Lipinski definition) is 8. The van der Waals surface area contributed by atoms with Crippen LogP contribution in [0, 0.1) is 5.53 Å². The van der Waals surface area contributed by atoms with Gasteiger partial charge in [-0.15, -0.1) is 13.2 Å². The molecule has 3 rings (SSSR count). The Morgan fingerprint density at radius 1 is 1.15 bits per heavy atom. The minimum Gasteiger partial charge on any atom is -0.442 e. The van der Waals surface area contributed by atoms with E-state index in [1.807, 2.05) is 0 Å². The van der Waals surface area contributed by atoms with Crippen molar-refractivity contribution >= 4 is 17.5 Å². The third kappa shape index (κ3) is 5.37. The Morgan fingerprint density at radius 3 is 2.33 bits per heavy atom. The average molecular weight is 464 g/mol. The number of nitrogens with zero attached hydrogens (tertiary/aromatic N) is 4. The van der Waals surface area contributed by atoms with E-state index in [0.29, 0.717) is 5.56 Å². The first-order valence-electron chi connectivity index (χ1n) is 9.36. The monoisotopic (exact) mass is 464 g/mol. The lowest BCUT2D eigenvalue weighted by Crippen LogP contribution is -2.27. The molecule has 0 unspecified atom stereocenters. The summed E-state index contributed by atoms with van der Waals surface area (Å²) in [6.45, 7) is 5.07. The lowest BCUT2D eigenvalue weighted by Gasteiger charge is -2.18. The molecule has 0 saturated carbocycles. The molecule has 13 heteroatoms. The summed E-state index contributed by atoms with van der Waals surface area (Å²) in [5.74, 6) is -0.469. The molecular formula is C20H19F3N6O4. The highest BCUT2D eigenvalue weighted by molar-refractivity contribution is 5.83. The van der Waals surface area contributed by atoms with Gasteiger partial charge in [0.2, 0.25) is 0 Å². The second-order valence-electron chi connectivity index (χ2n) is 7.79. The Morgan fingerprint density at radius 2 is 1.79 bits per heavy atom. The van der Waals surface area contributed by atoms with Gasteiger partial charge in [0.15, 0.2) is 0 Å². The highest BCUT2D eigenvalue weighted by Crippen LogP contribution is 2.34. The lowest BCUT2D eigenvalue weighted by molar-refractivity contribution is -0.274. The van der Waals surface area contributed by atoms with Gasteiger partial charge >= 0.3 is 12.5 Å². The summed E-state index contributed by atoms with van der Waals surface area (Å²) in [4.78, 5) is 25.0. The zero-order valence-corrected chi connectivity index (χ0v) is 17.7. The van der Waals surface area contributed by atoms with E-state index in [1.54, 1.807) is 20.8 Å². The molecule has 0 atom stereocenters. The second kappa shape index (κ2) is 8.41. The predicted octanol–water partition coefficient (Wildman–Crippen LogP) is 4.63. The molecule has 0 fully saturated rings. The number of rotatable bonds is 4. The van der Waals surface area contributed by atoms with Crippen molar-refractivity contribution < 1.29 is 27.4 Å². The largest absolute Gasteiger partial charge is 0.573 e. The molecule has 0 radical (unpaired) electrons. The van der Waals surface area contributed by atoms with Crippen LogP contribution in [0.4, 0.5) is 29.3 Å². The van der Waals surface area contributed by atoms with Gasteiger partial charge < -0.3 is 15.2 Å². The second-order valence-corrected chi connectivity index (χ2v) is 7.79. The van der Waals surface area contributed by atoms with Crippen LogP contribution in [0.25, 0.3) is 16.8 Å². The Bertz CT molecular complexity index is 1260. The van der Waals surface area contributed by atoms with Crippen LogP contribution in [-0.2, 0) is 4.74 Å². The van der Waals surface area contributed by atoms with Gasteiger partial charge in [-0.3, -0.25) is 9.36 Å². The van der Waals surface area contributed by atoms with E-state index in [9.17, 15) is 22.8 Å². The standard InChI is InChI=1S/C20H19F3N6O4/c1-19(2,3)33-18(31)29-9-11(8-26-29)14-10-28(17(30)15(24)16(14)27-25)12-4-6-13(7-5-12)32-20(21,22)23/h4-10,25H,24H2,1-3H3. The molecule has 174 valence electrons. The van der Waals surface area contributed by atoms with Crippen molar-refractivity contribution in [2.24, 2.45) is 5.11 Å². The molecule has 2 heterocycles. The first kappa shape index (κ1) is 23.5. The maximum atomic E-state index is 12.7. The number of ether oxygens (including phenoxy) is 2. The number of carbonyl (C=O) groups excluding carboxylic acids is 1. The third-order valence-electron chi connectivity index (χ3n) is 4.15. The molecule has 10 nitrogen and oxygen atoms in total. The lowest BCUT2D eigenvalue weighted by atomic mass is 10.1. The van der Waals surface area contributed by atoms with Crippen LogP contribution in [0.5, 0.6) is 5.75 Å². The first-order chi connectivity index (χ1) is 15.3. The number of hydrogen-bond donors (Lipinski definition) is 2. The fourth-order valence-corrected chi connectivity index (χ4v) is 2.83. The summed E-state index contributed by atoms with van der Waals surface area (Å²) in [5.41, 5.74) is 11.9. The van der Waals surface area contributed by atoms with Crippen molar-refractivity contribution in [3.05, 3.63) is 53.2 Å². The van der Waals surface area contributed by atoms with E-state index in [-0.39, 0.29) is 22.6 Å². The zero-order chi connectivity index (χ0) is 24.6. The fourth-order valence-electron chi connectivity index (χ4n) is 2.83. The maximum Gasteiger partial charge on any atom is 0.573 e. The number of nitrogens with two attached hydrogens (primary N) is 1. The van der Waals surface area contributed by atoms with Crippen LogP contribution in [0.3, 0.4) is 0 Å². The number of carbonyl (C=O) groups is 1. The molecule has 0 aliphatic rings. The van der Waals surface area contributed by atoms with Crippen LogP contribution < -0.4 is 16.0 Å². The van der Waals surface area contributed by atoms with Crippen molar-refractivity contribution in [2.75, 3.05) is 5.73 Å². The van der Waals surface area contributed by atoms with Crippen LogP contribution in [0.2, 0.25) is 0 Å². The van der Waals surface area contributed by atoms with Gasteiger partial charge in [0, 0.05) is 29.2 Å². The summed E-state index contributed by atoms with van der Waals surface area (Å²) in [6.07, 6.45) is -1.71. The Labute approximate surface area is 184 Å². The summed E-state index contributed by atoms with van der Waals surface area (Å²) in [5, 5.41) is 7.26. The van der Waals surface area contributed by atoms with Gasteiger partial charge in [-0.2, -0.15) is 14.9 Å². The average Bonchev–Trinajstić information content (AvgIpc) is 3.18. The topological polar surface area (TPSA) is 138 Å². The van der Waals surface area contributed by atoms with E-state index >= 15 is 0 Å². The molecule has 0 spiro atoms. The smallest absolute Gasteiger partial charge is 0.442 e. The molecule has 2 aromatic heterocycles. The molecule has 0 aliphatic carbocycles. The van der Waals surface area contributed by atoms with E-state index in [1.165, 1.54) is 30.7 Å². The molecule has 0 aliphatic heterocycles. The van der Waals surface area contributed by atoms with Gasteiger partial charge in [-0.05, 0) is 45.0 Å². The normalized spacial score (nSPS) is 11.8. The van der Waals surface area contributed by atoms with Crippen LogP contribution >= 0.6 is 0 Å². The van der Waals surface area contributed by atoms with Gasteiger partial charge in [0.1, 0.15) is 22.7 Å². The highest BCUT2D eigenvalue weighted by atomic mass is 19.4. The molecular weight excluding hydrogens is 445 g/mol. The van der Waals surface area contributed by atoms with Gasteiger partial charge in [0.05, 0.1) is 6.20 Å². The summed E-state index contributed by atoms with van der Waals surface area (Å²) >= 11 is 0. The number of anilines is 1. The van der Waals surface area contributed by atoms with Gasteiger partial charge in [0.25, 0.3) is 5.56 Å². The Balaban J connectivity index is 2.05. The van der Waals surface area contributed by atoms with E-state index in [0.717, 1.165) is 21.4 Å². The third-order valence-corrected chi connectivity index (χ3v) is 4.15. The minimum atomic E-state index is -4.86. The van der Waals surface area contributed by atoms with Crippen LogP contribution in [-0.4, -0.2) is 32.4 Å². The molecule has 33 heavy (non-hydrogen) atoms. The zero-order valence-electron chi connectivity index (χ0n) is 17.7. The number of nitrogens with one attached hydrogen (secondary N) is 1. The Hall–Kier alpha value is -4.16. The van der Waals surface area contributed by atoms with Crippen molar-refractivity contribution in [1.29, 1.82) is 5.53 Å². The van der Waals surface area contributed by atoms with E-state index in [2.05, 4.69) is 14.9 Å². The van der Waals surface area contributed by atoms with Crippen molar-refractivity contribution in [2.45, 2.75) is 32.7 Å². The maximum absolute atomic E-state index is 12.7. The number of benzene rings is 1. The first-order valence-corrected chi connectivity index (χ1v) is 9.36. The van der Waals surface area contributed by atoms with Gasteiger partial charge in [-0.25, -0.2) is 10.3 Å². The summed E-state index contributed by atoms with van der Waals surface area (Å²) < 4.78 is 48.3. The summed E-state index contributed by atoms with van der Waals surface area (Å²) in [6, 6.07) is 4.53. The number of halogens is 3. The van der Waals surface area contributed by atoms with Gasteiger partial charge in [-0.1, -0.05) is 0 Å². The molecule has 0 bridgehead atoms. The highest BCUT2D eigenvalue weighted by Gasteiger charge is 2.31. The summed E-state index contributed by atoms with van der Waals surface area (Å²) in [7, 11) is 0. The fraction of sp³-hybridized carbons (Fsp3) is 0.250. The van der Waals surface area contributed by atoms with Crippen molar-refractivity contribution in [1.82, 2.24) is 14.3 Å². The SMILES string of the molecule is CC(C)(C)OC(=O)n1cc(-c2cn(-c3ccc(OC(F)(F)F)cc3)c(=O)c(N)c2N=N)cn1. The Kier molecular flexibility index (Phi) is 5.99. The number of alkyl halides is 3. The molecule has 1 aromatic carbocycles. The molecule has 0 saturated heterocycles. The van der Waals surface area contributed by atoms with Crippen LogP contribution in [0.1, 0.15) is 20.8 Å². The molecule has 3 N–H and O–H groups in total. The minimum absolute atomic E-state index is 0.156. The molecule has 0 amide bonds. The number of aromatic nitrogens is 3. The van der Waals surface area contributed by atoms with Crippen LogP contribution in [0.15, 0.2) is 52.8 Å². The quantitative estimate of drug-likeness (QED) is 0.540. The van der Waals surface area contributed by atoms with E-state index < -0.39 is 29.4 Å². The number of nitrogen functional groups attached to an aromatic ring is 1. The van der Waals surface area contributed by atoms with E-state index in [4.69, 9.17) is 16.0 Å².